The monoisotopic (exact) mass is 363 g/mol. The van der Waals surface area contributed by atoms with E-state index in [4.69, 9.17) is 0 Å². The SMILES string of the molecule is CCN(CC)c1ccc2cc(/C=C/C=C3C(=O)NC(=O)NC3=O)ccc2c1. The van der Waals surface area contributed by atoms with E-state index in [1.54, 1.807) is 6.08 Å². The van der Waals surface area contributed by atoms with Gasteiger partial charge in [-0.1, -0.05) is 30.4 Å². The number of fused-ring (bicyclic) bond motifs is 1. The van der Waals surface area contributed by atoms with Crippen LogP contribution in [0.2, 0.25) is 0 Å². The Morgan fingerprint density at radius 1 is 0.889 bits per heavy atom. The van der Waals surface area contributed by atoms with Gasteiger partial charge in [0.1, 0.15) is 5.57 Å². The summed E-state index contributed by atoms with van der Waals surface area (Å²) in [5, 5.41) is 6.34. The zero-order valence-electron chi connectivity index (χ0n) is 15.3. The Morgan fingerprint density at radius 3 is 2.19 bits per heavy atom. The van der Waals surface area contributed by atoms with Gasteiger partial charge in [0.25, 0.3) is 11.8 Å². The second kappa shape index (κ2) is 7.86. The minimum absolute atomic E-state index is 0.101. The topological polar surface area (TPSA) is 78.5 Å². The quantitative estimate of drug-likeness (QED) is 0.632. The van der Waals surface area contributed by atoms with E-state index in [-0.39, 0.29) is 5.57 Å². The lowest BCUT2D eigenvalue weighted by Crippen LogP contribution is -2.51. The van der Waals surface area contributed by atoms with Crippen molar-refractivity contribution in [3.05, 3.63) is 59.7 Å². The summed E-state index contributed by atoms with van der Waals surface area (Å²) in [6.45, 7) is 6.20. The molecule has 0 spiro atoms. The number of benzene rings is 2. The van der Waals surface area contributed by atoms with Crippen molar-refractivity contribution in [1.82, 2.24) is 10.6 Å². The number of anilines is 1. The molecule has 1 saturated heterocycles. The van der Waals surface area contributed by atoms with Crippen LogP contribution in [0.4, 0.5) is 10.5 Å². The van der Waals surface area contributed by atoms with Crippen molar-refractivity contribution >= 4 is 40.4 Å². The molecular formula is C21H21N3O3. The Kier molecular flexibility index (Phi) is 5.35. The molecule has 6 nitrogen and oxygen atoms in total. The highest BCUT2D eigenvalue weighted by Gasteiger charge is 2.26. The molecule has 1 aliphatic rings. The summed E-state index contributed by atoms with van der Waals surface area (Å²) in [5.41, 5.74) is 2.04. The summed E-state index contributed by atoms with van der Waals surface area (Å²) in [6.07, 6.45) is 4.82. The zero-order valence-corrected chi connectivity index (χ0v) is 15.3. The first kappa shape index (κ1) is 18.4. The van der Waals surface area contributed by atoms with Gasteiger partial charge in [-0.3, -0.25) is 20.2 Å². The average Bonchev–Trinajstić information content (AvgIpc) is 2.64. The summed E-state index contributed by atoms with van der Waals surface area (Å²) in [6, 6.07) is 11.6. The number of barbiturate groups is 1. The van der Waals surface area contributed by atoms with Crippen LogP contribution < -0.4 is 15.5 Å². The molecular weight excluding hydrogens is 342 g/mol. The molecule has 2 aromatic rings. The van der Waals surface area contributed by atoms with Crippen molar-refractivity contribution in [2.45, 2.75) is 13.8 Å². The highest BCUT2D eigenvalue weighted by molar-refractivity contribution is 6.29. The summed E-state index contributed by atoms with van der Waals surface area (Å²) in [5.74, 6) is -1.40. The average molecular weight is 363 g/mol. The number of amides is 4. The van der Waals surface area contributed by atoms with E-state index < -0.39 is 17.8 Å². The molecule has 2 N–H and O–H groups in total. The minimum Gasteiger partial charge on any atom is -0.372 e. The zero-order chi connectivity index (χ0) is 19.4. The van der Waals surface area contributed by atoms with Crippen molar-refractivity contribution in [2.75, 3.05) is 18.0 Å². The maximum absolute atomic E-state index is 11.7. The molecule has 1 aliphatic heterocycles. The van der Waals surface area contributed by atoms with Crippen LogP contribution in [0.1, 0.15) is 19.4 Å². The molecule has 6 heteroatoms. The van der Waals surface area contributed by atoms with Crippen LogP contribution in [-0.2, 0) is 9.59 Å². The molecule has 138 valence electrons. The molecule has 0 unspecified atom stereocenters. The fourth-order valence-corrected chi connectivity index (χ4v) is 3.02. The van der Waals surface area contributed by atoms with Crippen LogP contribution in [0.3, 0.4) is 0 Å². The molecule has 27 heavy (non-hydrogen) atoms. The second-order valence-electron chi connectivity index (χ2n) is 6.14. The standard InChI is InChI=1S/C21H21N3O3/c1-3-24(4-2)17-11-10-15-12-14(8-9-16(15)13-17)6-5-7-18-19(25)22-21(27)23-20(18)26/h5-13H,3-4H2,1-2H3,(H2,22,23,25,26,27)/b6-5+. The van der Waals surface area contributed by atoms with Gasteiger partial charge in [0.2, 0.25) is 0 Å². The number of nitrogens with zero attached hydrogens (tertiary/aromatic N) is 1. The predicted octanol–water partition coefficient (Wildman–Crippen LogP) is 2.99. The molecule has 0 bridgehead atoms. The third kappa shape index (κ3) is 4.06. The van der Waals surface area contributed by atoms with Crippen LogP contribution in [0, 0.1) is 0 Å². The normalized spacial score (nSPS) is 14.4. The van der Waals surface area contributed by atoms with Gasteiger partial charge < -0.3 is 4.90 Å². The van der Waals surface area contributed by atoms with Gasteiger partial charge in [-0.05, 0) is 54.5 Å². The van der Waals surface area contributed by atoms with Gasteiger partial charge in [-0.15, -0.1) is 0 Å². The maximum Gasteiger partial charge on any atom is 0.328 e. The summed E-state index contributed by atoms with van der Waals surface area (Å²) < 4.78 is 0. The lowest BCUT2D eigenvalue weighted by Gasteiger charge is -2.21. The lowest BCUT2D eigenvalue weighted by atomic mass is 10.1. The number of hydrogen-bond acceptors (Lipinski definition) is 4. The minimum atomic E-state index is -0.801. The van der Waals surface area contributed by atoms with Gasteiger partial charge in [0, 0.05) is 18.8 Å². The number of hydrogen-bond donors (Lipinski definition) is 2. The van der Waals surface area contributed by atoms with E-state index in [1.165, 1.54) is 11.8 Å². The number of rotatable bonds is 5. The summed E-state index contributed by atoms with van der Waals surface area (Å²) >= 11 is 0. The maximum atomic E-state index is 11.7. The first-order chi connectivity index (χ1) is 13.0. The molecule has 1 fully saturated rings. The number of imide groups is 2. The van der Waals surface area contributed by atoms with E-state index >= 15 is 0 Å². The molecule has 4 amide bonds. The van der Waals surface area contributed by atoms with Crippen LogP contribution in [0.15, 0.2) is 54.1 Å². The van der Waals surface area contributed by atoms with Crippen molar-refractivity contribution in [3.63, 3.8) is 0 Å². The first-order valence-corrected chi connectivity index (χ1v) is 8.85. The Bertz CT molecular complexity index is 950. The smallest absolute Gasteiger partial charge is 0.328 e. The van der Waals surface area contributed by atoms with Crippen LogP contribution >= 0.6 is 0 Å². The number of carbonyl (C=O) groups is 3. The molecule has 1 heterocycles. The van der Waals surface area contributed by atoms with E-state index in [1.807, 2.05) is 34.9 Å². The Hall–Kier alpha value is -3.41. The van der Waals surface area contributed by atoms with E-state index in [0.29, 0.717) is 0 Å². The summed E-state index contributed by atoms with van der Waals surface area (Å²) in [4.78, 5) is 36.7. The number of nitrogens with one attached hydrogen (secondary N) is 2. The van der Waals surface area contributed by atoms with Crippen LogP contribution in [0.25, 0.3) is 16.8 Å². The lowest BCUT2D eigenvalue weighted by molar-refractivity contribution is -0.124. The molecule has 0 saturated carbocycles. The largest absolute Gasteiger partial charge is 0.372 e. The number of carbonyl (C=O) groups excluding carboxylic acids is 3. The van der Waals surface area contributed by atoms with Gasteiger partial charge in [0.15, 0.2) is 0 Å². The Labute approximate surface area is 157 Å². The molecule has 0 aromatic heterocycles. The number of allylic oxidation sites excluding steroid dienone is 2. The second-order valence-corrected chi connectivity index (χ2v) is 6.14. The van der Waals surface area contributed by atoms with Gasteiger partial charge >= 0.3 is 6.03 Å². The van der Waals surface area contributed by atoms with E-state index in [9.17, 15) is 14.4 Å². The van der Waals surface area contributed by atoms with Crippen LogP contribution in [0.5, 0.6) is 0 Å². The van der Waals surface area contributed by atoms with Gasteiger partial charge in [-0.25, -0.2) is 4.79 Å². The third-order valence-corrected chi connectivity index (χ3v) is 4.47. The van der Waals surface area contributed by atoms with Gasteiger partial charge in [-0.2, -0.15) is 0 Å². The fraction of sp³-hybridized carbons (Fsp3) is 0.190. The molecule has 2 aromatic carbocycles. The molecule has 0 radical (unpaired) electrons. The Balaban J connectivity index is 1.81. The third-order valence-electron chi connectivity index (χ3n) is 4.47. The van der Waals surface area contributed by atoms with Crippen molar-refractivity contribution in [2.24, 2.45) is 0 Å². The van der Waals surface area contributed by atoms with Crippen molar-refractivity contribution in [1.29, 1.82) is 0 Å². The first-order valence-electron chi connectivity index (χ1n) is 8.85. The van der Waals surface area contributed by atoms with E-state index in [0.717, 1.165) is 29.4 Å². The summed E-state index contributed by atoms with van der Waals surface area (Å²) in [7, 11) is 0. The van der Waals surface area contributed by atoms with Crippen molar-refractivity contribution < 1.29 is 14.4 Å². The molecule has 0 aliphatic carbocycles. The highest BCUT2D eigenvalue weighted by atomic mass is 16.2. The Morgan fingerprint density at radius 2 is 1.52 bits per heavy atom. The number of urea groups is 1. The van der Waals surface area contributed by atoms with E-state index in [2.05, 4.69) is 36.9 Å². The molecule has 0 atom stereocenters. The van der Waals surface area contributed by atoms with Crippen molar-refractivity contribution in [3.8, 4) is 0 Å². The highest BCUT2D eigenvalue weighted by Crippen LogP contribution is 2.23. The fourth-order valence-electron chi connectivity index (χ4n) is 3.02. The van der Waals surface area contributed by atoms with Crippen LogP contribution in [-0.4, -0.2) is 30.9 Å². The molecule has 3 rings (SSSR count). The predicted molar refractivity (Wildman–Crippen MR) is 106 cm³/mol. The van der Waals surface area contributed by atoms with Gasteiger partial charge in [0.05, 0.1) is 0 Å².